The second-order valence-electron chi connectivity index (χ2n) is 5.47. The van der Waals surface area contributed by atoms with Crippen LogP contribution in [0.15, 0.2) is 36.4 Å². The van der Waals surface area contributed by atoms with Crippen molar-refractivity contribution in [3.05, 3.63) is 47.5 Å². The Morgan fingerprint density at radius 3 is 2.52 bits per heavy atom. The third-order valence-electron chi connectivity index (χ3n) is 3.90. The van der Waals surface area contributed by atoms with Crippen molar-refractivity contribution in [1.29, 1.82) is 0 Å². The molecular weight excluding hydrogens is 286 g/mol. The van der Waals surface area contributed by atoms with Crippen LogP contribution in [0.4, 0.5) is 0 Å². The van der Waals surface area contributed by atoms with Crippen molar-refractivity contribution in [3.63, 3.8) is 0 Å². The van der Waals surface area contributed by atoms with Crippen LogP contribution in [0.2, 0.25) is 0 Å². The lowest BCUT2D eigenvalue weighted by molar-refractivity contribution is 0.0779. The van der Waals surface area contributed by atoms with Gasteiger partial charge in [0.1, 0.15) is 5.88 Å². The summed E-state index contributed by atoms with van der Waals surface area (Å²) in [6.45, 7) is 2.50. The van der Waals surface area contributed by atoms with Crippen molar-refractivity contribution in [1.82, 2.24) is 4.90 Å². The Kier molecular flexibility index (Phi) is 3.45. The summed E-state index contributed by atoms with van der Waals surface area (Å²) in [4.78, 5) is 14.1. The summed E-state index contributed by atoms with van der Waals surface area (Å²) in [7, 11) is -3.14. The van der Waals surface area contributed by atoms with Gasteiger partial charge in [0.2, 0.25) is 0 Å². The molecule has 1 aliphatic rings. The van der Waals surface area contributed by atoms with Crippen molar-refractivity contribution in [2.24, 2.45) is 0 Å². The molecule has 2 aromatic rings. The molecule has 3 rings (SSSR count). The van der Waals surface area contributed by atoms with Gasteiger partial charge < -0.3 is 4.90 Å². The maximum Gasteiger partial charge on any atom is 0.255 e. The zero-order chi connectivity index (χ0) is 15.0. The maximum atomic E-state index is 12.7. The van der Waals surface area contributed by atoms with Gasteiger partial charge in [-0.3, -0.25) is 4.79 Å². The quantitative estimate of drug-likeness (QED) is 0.812. The first-order chi connectivity index (χ1) is 9.98. The Balaban J connectivity index is 2.04. The van der Waals surface area contributed by atoms with Crippen LogP contribution >= 0.6 is 0 Å². The molecule has 1 saturated heterocycles. The number of benzene rings is 2. The van der Waals surface area contributed by atoms with Crippen molar-refractivity contribution in [2.45, 2.75) is 13.3 Å². The van der Waals surface area contributed by atoms with Gasteiger partial charge in [0.05, 0.1) is 5.75 Å². The van der Waals surface area contributed by atoms with Crippen molar-refractivity contribution in [2.75, 3.05) is 18.2 Å². The molecule has 0 spiro atoms. The maximum absolute atomic E-state index is 12.7. The minimum absolute atomic E-state index is 0.172. The van der Waals surface area contributed by atoms with E-state index in [0.717, 1.165) is 16.3 Å². The fourth-order valence-electron chi connectivity index (χ4n) is 2.81. The van der Waals surface area contributed by atoms with E-state index in [0.29, 0.717) is 18.5 Å². The molecule has 2 aromatic carbocycles. The summed E-state index contributed by atoms with van der Waals surface area (Å²) in [6, 6.07) is 11.4. The van der Waals surface area contributed by atoms with Crippen LogP contribution < -0.4 is 0 Å². The Bertz CT molecular complexity index is 811. The molecule has 0 atom stereocenters. The normalized spacial score (nSPS) is 17.9. The standard InChI is InChI=1S/C16H17NO3S/c1-12-7-8-15(14-6-3-2-5-13(12)14)16(18)17-9-4-10-21(19,20)11-17/h2-3,5-8H,4,9-11H2,1H3. The molecule has 1 heterocycles. The summed E-state index contributed by atoms with van der Waals surface area (Å²) >= 11 is 0. The fraction of sp³-hybridized carbons (Fsp3) is 0.312. The molecule has 1 amide bonds. The number of fused-ring (bicyclic) bond motifs is 1. The number of hydrogen-bond donors (Lipinski definition) is 0. The minimum atomic E-state index is -3.14. The number of amides is 1. The van der Waals surface area contributed by atoms with Crippen LogP contribution in [-0.2, 0) is 9.84 Å². The third kappa shape index (κ3) is 2.65. The van der Waals surface area contributed by atoms with Crippen molar-refractivity contribution >= 4 is 26.5 Å². The molecule has 1 fully saturated rings. The lowest BCUT2D eigenvalue weighted by Gasteiger charge is -2.27. The predicted octanol–water partition coefficient (Wildman–Crippen LogP) is 2.37. The number of hydrogen-bond acceptors (Lipinski definition) is 3. The van der Waals surface area contributed by atoms with E-state index in [1.54, 1.807) is 6.07 Å². The highest BCUT2D eigenvalue weighted by Crippen LogP contribution is 2.24. The zero-order valence-corrected chi connectivity index (χ0v) is 12.7. The molecular formula is C16H17NO3S. The predicted molar refractivity (Wildman–Crippen MR) is 83.0 cm³/mol. The monoisotopic (exact) mass is 303 g/mol. The minimum Gasteiger partial charge on any atom is -0.324 e. The van der Waals surface area contributed by atoms with Gasteiger partial charge in [-0.1, -0.05) is 30.3 Å². The van der Waals surface area contributed by atoms with Crippen molar-refractivity contribution < 1.29 is 13.2 Å². The first kappa shape index (κ1) is 14.1. The van der Waals surface area contributed by atoms with E-state index in [1.807, 2.05) is 37.3 Å². The van der Waals surface area contributed by atoms with E-state index in [2.05, 4.69) is 0 Å². The second kappa shape index (κ2) is 5.15. The zero-order valence-electron chi connectivity index (χ0n) is 11.9. The van der Waals surface area contributed by atoms with Crippen LogP contribution in [-0.4, -0.2) is 37.4 Å². The number of aryl methyl sites for hydroxylation is 1. The summed E-state index contributed by atoms with van der Waals surface area (Å²) < 4.78 is 23.4. The average molecular weight is 303 g/mol. The van der Waals surface area contributed by atoms with Crippen LogP contribution in [0.5, 0.6) is 0 Å². The molecule has 1 aliphatic heterocycles. The summed E-state index contributed by atoms with van der Waals surface area (Å²) in [5, 5.41) is 1.91. The SMILES string of the molecule is Cc1ccc(C(=O)N2CCCS(=O)(=O)C2)c2ccccc12. The first-order valence-corrected chi connectivity index (χ1v) is 8.78. The molecule has 0 bridgehead atoms. The summed E-state index contributed by atoms with van der Waals surface area (Å²) in [6.07, 6.45) is 0.512. The van der Waals surface area contributed by atoms with Gasteiger partial charge in [0, 0.05) is 12.1 Å². The van der Waals surface area contributed by atoms with Crippen LogP contribution in [0.1, 0.15) is 22.3 Å². The number of carbonyl (C=O) groups is 1. The smallest absolute Gasteiger partial charge is 0.255 e. The van der Waals surface area contributed by atoms with E-state index >= 15 is 0 Å². The topological polar surface area (TPSA) is 54.5 Å². The lowest BCUT2D eigenvalue weighted by Crippen LogP contribution is -2.41. The molecule has 0 N–H and O–H groups in total. The number of carbonyl (C=O) groups excluding carboxylic acids is 1. The molecule has 21 heavy (non-hydrogen) atoms. The van der Waals surface area contributed by atoms with Gasteiger partial charge in [0.25, 0.3) is 5.91 Å². The second-order valence-corrected chi connectivity index (χ2v) is 7.63. The lowest BCUT2D eigenvalue weighted by atomic mass is 9.99. The molecule has 0 aliphatic carbocycles. The highest BCUT2D eigenvalue weighted by atomic mass is 32.2. The number of sulfone groups is 1. The molecule has 0 radical (unpaired) electrons. The van der Waals surface area contributed by atoms with E-state index in [-0.39, 0.29) is 17.5 Å². The van der Waals surface area contributed by atoms with Gasteiger partial charge in [-0.2, -0.15) is 0 Å². The van der Waals surface area contributed by atoms with E-state index in [4.69, 9.17) is 0 Å². The molecule has 0 aromatic heterocycles. The molecule has 0 saturated carbocycles. The molecule has 5 heteroatoms. The van der Waals surface area contributed by atoms with Gasteiger partial charge >= 0.3 is 0 Å². The molecule has 4 nitrogen and oxygen atoms in total. The Morgan fingerprint density at radius 2 is 1.81 bits per heavy atom. The van der Waals surface area contributed by atoms with Crippen LogP contribution in [0, 0.1) is 6.92 Å². The number of rotatable bonds is 1. The Morgan fingerprint density at radius 1 is 1.10 bits per heavy atom. The van der Waals surface area contributed by atoms with Crippen molar-refractivity contribution in [3.8, 4) is 0 Å². The molecule has 0 unspecified atom stereocenters. The third-order valence-corrected chi connectivity index (χ3v) is 5.51. The fourth-order valence-corrected chi connectivity index (χ4v) is 4.23. The highest BCUT2D eigenvalue weighted by molar-refractivity contribution is 7.91. The largest absolute Gasteiger partial charge is 0.324 e. The van der Waals surface area contributed by atoms with Gasteiger partial charge in [-0.25, -0.2) is 8.42 Å². The van der Waals surface area contributed by atoms with Gasteiger partial charge in [0.15, 0.2) is 9.84 Å². The molecule has 110 valence electrons. The Hall–Kier alpha value is -1.88. The van der Waals surface area contributed by atoms with Gasteiger partial charge in [-0.05, 0) is 35.7 Å². The highest BCUT2D eigenvalue weighted by Gasteiger charge is 2.27. The Labute approximate surface area is 124 Å². The van der Waals surface area contributed by atoms with E-state index in [9.17, 15) is 13.2 Å². The van der Waals surface area contributed by atoms with Crippen LogP contribution in [0.25, 0.3) is 10.8 Å². The van der Waals surface area contributed by atoms with Crippen LogP contribution in [0.3, 0.4) is 0 Å². The number of nitrogens with zero attached hydrogens (tertiary/aromatic N) is 1. The van der Waals surface area contributed by atoms with Gasteiger partial charge in [-0.15, -0.1) is 0 Å². The first-order valence-electron chi connectivity index (χ1n) is 6.96. The summed E-state index contributed by atoms with van der Waals surface area (Å²) in [5.74, 6) is -0.200. The van der Waals surface area contributed by atoms with E-state index in [1.165, 1.54) is 4.90 Å². The summed E-state index contributed by atoms with van der Waals surface area (Å²) in [5.41, 5.74) is 1.68. The average Bonchev–Trinajstić information content (AvgIpc) is 2.46. The van der Waals surface area contributed by atoms with E-state index < -0.39 is 9.84 Å².